The lowest BCUT2D eigenvalue weighted by Crippen LogP contribution is -2.44. The molecule has 2 aromatic rings. The van der Waals surface area contributed by atoms with Gasteiger partial charge >= 0.3 is 5.97 Å². The zero-order chi connectivity index (χ0) is 20.1. The molecule has 2 atom stereocenters. The van der Waals surface area contributed by atoms with Crippen LogP contribution in [0.15, 0.2) is 29.6 Å². The lowest BCUT2D eigenvalue weighted by Gasteiger charge is -2.34. The molecule has 1 aliphatic rings. The molecule has 6 nitrogen and oxygen atoms in total. The van der Waals surface area contributed by atoms with E-state index in [-0.39, 0.29) is 12.5 Å². The van der Waals surface area contributed by atoms with Crippen molar-refractivity contribution in [3.05, 3.63) is 45.9 Å². The Morgan fingerprint density at radius 3 is 2.46 bits per heavy atom. The van der Waals surface area contributed by atoms with Crippen LogP contribution in [0, 0.1) is 18.8 Å². The standard InChI is InChI=1S/C21H26N2O4S/c1-14-8-15(2)10-23(9-14)20(24)12-27-21(25)17-4-6-19(7-5-17)26-11-18-13-28-16(3)22-18/h4-7,13-15H,8-12H2,1-3H3. The van der Waals surface area contributed by atoms with Crippen molar-refractivity contribution < 1.29 is 19.1 Å². The van der Waals surface area contributed by atoms with Gasteiger partial charge in [0.25, 0.3) is 5.91 Å². The molecule has 3 rings (SSSR count). The van der Waals surface area contributed by atoms with Crippen molar-refractivity contribution in [2.75, 3.05) is 19.7 Å². The van der Waals surface area contributed by atoms with Gasteiger partial charge < -0.3 is 14.4 Å². The average Bonchev–Trinajstić information content (AvgIpc) is 3.09. The van der Waals surface area contributed by atoms with Crippen molar-refractivity contribution in [2.45, 2.75) is 33.8 Å². The van der Waals surface area contributed by atoms with E-state index in [2.05, 4.69) is 18.8 Å². The molecule has 0 N–H and O–H groups in total. The highest BCUT2D eigenvalue weighted by molar-refractivity contribution is 7.09. The quantitative estimate of drug-likeness (QED) is 0.689. The first-order valence-corrected chi connectivity index (χ1v) is 10.4. The lowest BCUT2D eigenvalue weighted by molar-refractivity contribution is -0.137. The van der Waals surface area contributed by atoms with Crippen LogP contribution in [0.25, 0.3) is 0 Å². The van der Waals surface area contributed by atoms with Crippen LogP contribution in [0.3, 0.4) is 0 Å². The van der Waals surface area contributed by atoms with Gasteiger partial charge in [-0.05, 0) is 49.4 Å². The predicted molar refractivity (Wildman–Crippen MR) is 107 cm³/mol. The Labute approximate surface area is 169 Å². The Morgan fingerprint density at radius 2 is 1.86 bits per heavy atom. The SMILES string of the molecule is Cc1nc(COc2ccc(C(=O)OCC(=O)N3CC(C)CC(C)C3)cc2)cs1. The summed E-state index contributed by atoms with van der Waals surface area (Å²) in [4.78, 5) is 30.7. The van der Waals surface area contributed by atoms with Crippen LogP contribution in [0.1, 0.15) is 41.3 Å². The largest absolute Gasteiger partial charge is 0.487 e. The van der Waals surface area contributed by atoms with E-state index in [0.29, 0.717) is 29.8 Å². The van der Waals surface area contributed by atoms with E-state index in [1.807, 2.05) is 12.3 Å². The molecule has 0 radical (unpaired) electrons. The molecule has 1 aliphatic heterocycles. The number of piperidine rings is 1. The molecule has 2 unspecified atom stereocenters. The van der Waals surface area contributed by atoms with Crippen LogP contribution in [0.5, 0.6) is 5.75 Å². The van der Waals surface area contributed by atoms with Crippen molar-refractivity contribution >= 4 is 23.2 Å². The maximum Gasteiger partial charge on any atom is 0.338 e. The fourth-order valence-corrected chi connectivity index (χ4v) is 4.08. The summed E-state index contributed by atoms with van der Waals surface area (Å²) in [6, 6.07) is 6.70. The smallest absolute Gasteiger partial charge is 0.338 e. The molecule has 7 heteroatoms. The van der Waals surface area contributed by atoms with Crippen molar-refractivity contribution in [2.24, 2.45) is 11.8 Å². The fourth-order valence-electron chi connectivity index (χ4n) is 3.49. The Balaban J connectivity index is 1.47. The number of ether oxygens (including phenoxy) is 2. The second-order valence-corrected chi connectivity index (χ2v) is 8.55. The maximum absolute atomic E-state index is 12.3. The minimum atomic E-state index is -0.506. The van der Waals surface area contributed by atoms with Crippen LogP contribution in [-0.4, -0.2) is 41.5 Å². The number of aryl methyl sites for hydroxylation is 1. The number of thiazole rings is 1. The summed E-state index contributed by atoms with van der Waals surface area (Å²) in [5, 5.41) is 2.96. The summed E-state index contributed by atoms with van der Waals surface area (Å²) in [5.74, 6) is 0.959. The van der Waals surface area contributed by atoms with E-state index in [9.17, 15) is 9.59 Å². The summed E-state index contributed by atoms with van der Waals surface area (Å²) in [6.45, 7) is 7.85. The highest BCUT2D eigenvalue weighted by Gasteiger charge is 2.26. The van der Waals surface area contributed by atoms with Gasteiger partial charge in [0.15, 0.2) is 6.61 Å². The minimum Gasteiger partial charge on any atom is -0.487 e. The first kappa shape index (κ1) is 20.3. The summed E-state index contributed by atoms with van der Waals surface area (Å²) in [6.07, 6.45) is 1.13. The van der Waals surface area contributed by atoms with Crippen molar-refractivity contribution in [1.29, 1.82) is 0 Å². The number of benzene rings is 1. The van der Waals surface area contributed by atoms with Gasteiger partial charge in [-0.15, -0.1) is 11.3 Å². The number of hydrogen-bond donors (Lipinski definition) is 0. The monoisotopic (exact) mass is 402 g/mol. The Morgan fingerprint density at radius 1 is 1.18 bits per heavy atom. The Bertz CT molecular complexity index is 808. The molecule has 1 fully saturated rings. The number of carbonyl (C=O) groups is 2. The van der Waals surface area contributed by atoms with E-state index in [4.69, 9.17) is 9.47 Å². The van der Waals surface area contributed by atoms with Gasteiger partial charge in [0.2, 0.25) is 0 Å². The summed E-state index contributed by atoms with van der Waals surface area (Å²) in [5.41, 5.74) is 1.27. The summed E-state index contributed by atoms with van der Waals surface area (Å²) >= 11 is 1.58. The number of carbonyl (C=O) groups excluding carboxylic acids is 2. The third-order valence-corrected chi connectivity index (χ3v) is 5.51. The normalized spacial score (nSPS) is 19.3. The Kier molecular flexibility index (Phi) is 6.67. The first-order valence-electron chi connectivity index (χ1n) is 9.49. The number of nitrogens with zero attached hydrogens (tertiary/aromatic N) is 2. The van der Waals surface area contributed by atoms with Crippen LogP contribution < -0.4 is 4.74 Å². The molecule has 150 valence electrons. The molecule has 1 amide bonds. The minimum absolute atomic E-state index is 0.134. The van der Waals surface area contributed by atoms with Crippen molar-refractivity contribution in [3.63, 3.8) is 0 Å². The predicted octanol–water partition coefficient (Wildman–Crippen LogP) is 3.69. The molecule has 1 saturated heterocycles. The number of amides is 1. The van der Waals surface area contributed by atoms with Gasteiger partial charge in [-0.1, -0.05) is 13.8 Å². The van der Waals surface area contributed by atoms with E-state index in [1.165, 1.54) is 0 Å². The summed E-state index contributed by atoms with van der Waals surface area (Å²) in [7, 11) is 0. The van der Waals surface area contributed by atoms with Gasteiger partial charge in [0.1, 0.15) is 12.4 Å². The van der Waals surface area contributed by atoms with Gasteiger partial charge in [-0.3, -0.25) is 4.79 Å². The molecule has 28 heavy (non-hydrogen) atoms. The maximum atomic E-state index is 12.3. The summed E-state index contributed by atoms with van der Waals surface area (Å²) < 4.78 is 10.9. The molecule has 0 aliphatic carbocycles. The topological polar surface area (TPSA) is 68.7 Å². The number of hydrogen-bond acceptors (Lipinski definition) is 6. The van der Waals surface area contributed by atoms with Crippen LogP contribution >= 0.6 is 11.3 Å². The molecule has 0 spiro atoms. The second kappa shape index (κ2) is 9.19. The van der Waals surface area contributed by atoms with E-state index in [1.54, 1.807) is 40.5 Å². The molecule has 1 aromatic heterocycles. The van der Waals surface area contributed by atoms with Gasteiger partial charge in [-0.2, -0.15) is 0 Å². The highest BCUT2D eigenvalue weighted by atomic mass is 32.1. The number of aromatic nitrogens is 1. The zero-order valence-corrected chi connectivity index (χ0v) is 17.3. The van der Waals surface area contributed by atoms with E-state index < -0.39 is 5.97 Å². The van der Waals surface area contributed by atoms with E-state index in [0.717, 1.165) is 30.2 Å². The Hall–Kier alpha value is -2.41. The lowest BCUT2D eigenvalue weighted by atomic mass is 9.92. The molecule has 0 saturated carbocycles. The molecule has 2 heterocycles. The van der Waals surface area contributed by atoms with Gasteiger partial charge in [0.05, 0.1) is 16.3 Å². The third kappa shape index (κ3) is 5.55. The number of rotatable bonds is 6. The number of esters is 1. The second-order valence-electron chi connectivity index (χ2n) is 7.49. The van der Waals surface area contributed by atoms with Crippen molar-refractivity contribution in [1.82, 2.24) is 9.88 Å². The van der Waals surface area contributed by atoms with Gasteiger partial charge in [-0.25, -0.2) is 9.78 Å². The molecular weight excluding hydrogens is 376 g/mol. The highest BCUT2D eigenvalue weighted by Crippen LogP contribution is 2.21. The zero-order valence-electron chi connectivity index (χ0n) is 16.5. The number of likely N-dealkylation sites (tertiary alicyclic amines) is 1. The van der Waals surface area contributed by atoms with Crippen LogP contribution in [0.2, 0.25) is 0 Å². The average molecular weight is 403 g/mol. The molecule has 1 aromatic carbocycles. The van der Waals surface area contributed by atoms with E-state index >= 15 is 0 Å². The fraction of sp³-hybridized carbons (Fsp3) is 0.476. The molecular formula is C21H26N2O4S. The van der Waals surface area contributed by atoms with Crippen molar-refractivity contribution in [3.8, 4) is 5.75 Å². The van der Waals surface area contributed by atoms with Crippen LogP contribution in [-0.2, 0) is 16.1 Å². The first-order chi connectivity index (χ1) is 13.4. The van der Waals surface area contributed by atoms with Gasteiger partial charge in [0, 0.05) is 18.5 Å². The third-order valence-electron chi connectivity index (χ3n) is 4.69. The molecule has 0 bridgehead atoms. The van der Waals surface area contributed by atoms with Crippen LogP contribution in [0.4, 0.5) is 0 Å².